The summed E-state index contributed by atoms with van der Waals surface area (Å²) in [6.07, 6.45) is 8.40. The molecule has 2 aliphatic heterocycles. The molecule has 0 radical (unpaired) electrons. The van der Waals surface area contributed by atoms with Gasteiger partial charge in [-0.25, -0.2) is 9.59 Å². The third-order valence-corrected chi connectivity index (χ3v) is 10.3. The molecule has 0 spiro atoms. The summed E-state index contributed by atoms with van der Waals surface area (Å²) < 4.78 is 11.2. The lowest BCUT2D eigenvalue weighted by Crippen LogP contribution is -2.59. The molecular weight excluding hydrogens is 676 g/mol. The van der Waals surface area contributed by atoms with E-state index in [-0.39, 0.29) is 26.0 Å². The summed E-state index contributed by atoms with van der Waals surface area (Å²) in [5.74, 6) is -2.02. The molecule has 3 N–H and O–H groups in total. The fourth-order valence-corrected chi connectivity index (χ4v) is 7.16. The molecule has 6 bridgehead atoms. The van der Waals surface area contributed by atoms with Crippen molar-refractivity contribution in [1.29, 1.82) is 0 Å². The number of nitrogens with one attached hydrogen (secondary N) is 2. The molecule has 1 aromatic heterocycles. The van der Waals surface area contributed by atoms with Crippen molar-refractivity contribution in [3.8, 4) is 28.3 Å². The lowest BCUT2D eigenvalue weighted by molar-refractivity contribution is -0.146. The Kier molecular flexibility index (Phi) is 10.7. The van der Waals surface area contributed by atoms with Crippen molar-refractivity contribution >= 4 is 30.0 Å². The van der Waals surface area contributed by atoms with E-state index in [2.05, 4.69) is 23.3 Å². The van der Waals surface area contributed by atoms with Crippen LogP contribution < -0.4 is 15.4 Å². The minimum absolute atomic E-state index is 0.0319. The Morgan fingerprint density at radius 2 is 1.81 bits per heavy atom. The number of carbonyl (C=O) groups is 4. The maximum absolute atomic E-state index is 14.6. The second kappa shape index (κ2) is 15.3. The monoisotopic (exact) mass is 724 g/mol. The van der Waals surface area contributed by atoms with Crippen LogP contribution in [0.1, 0.15) is 70.9 Å². The van der Waals surface area contributed by atoms with Crippen LogP contribution in [-0.2, 0) is 19.1 Å². The molecule has 3 aliphatic rings. The number of carbonyl (C=O) groups excluding carboxylic acids is 3. The van der Waals surface area contributed by atoms with Gasteiger partial charge in [-0.1, -0.05) is 69.3 Å². The first-order valence-corrected chi connectivity index (χ1v) is 18.1. The largest absolute Gasteiger partial charge is 0.496 e. The van der Waals surface area contributed by atoms with Crippen LogP contribution in [0.2, 0.25) is 0 Å². The van der Waals surface area contributed by atoms with Gasteiger partial charge in [0.25, 0.3) is 0 Å². The molecule has 53 heavy (non-hydrogen) atoms. The molecule has 3 aromatic rings. The molecular formula is C40H48N6O7. The fraction of sp³-hybridized carbons (Fsp3) is 0.450. The maximum Gasteiger partial charge on any atom is 0.407 e. The molecule has 5 atom stereocenters. The van der Waals surface area contributed by atoms with Gasteiger partial charge in [-0.15, -0.1) is 6.58 Å². The van der Waals surface area contributed by atoms with Crippen LogP contribution in [0.3, 0.4) is 0 Å². The van der Waals surface area contributed by atoms with Crippen LogP contribution in [-0.4, -0.2) is 86.8 Å². The zero-order valence-corrected chi connectivity index (χ0v) is 30.7. The smallest absolute Gasteiger partial charge is 0.407 e. The SMILES string of the molecule is C=C[C@@H]1C[C@]1(NC(=O)[C@@H]1C[C@@H]2CN1C(=O)[C@H](C(C)(C)C)NC(=O)OCCCCC/C=C/c1cc(ccc1OC)-c1nn2nc1-c1ccccc1)C(=O)O. The van der Waals surface area contributed by atoms with E-state index in [0.29, 0.717) is 23.6 Å². The van der Waals surface area contributed by atoms with E-state index in [4.69, 9.17) is 19.7 Å². The Bertz CT molecular complexity index is 1900. The highest BCUT2D eigenvalue weighted by Crippen LogP contribution is 2.45. The van der Waals surface area contributed by atoms with Crippen LogP contribution in [0.5, 0.6) is 5.75 Å². The molecule has 1 saturated heterocycles. The first-order valence-electron chi connectivity index (χ1n) is 18.1. The summed E-state index contributed by atoms with van der Waals surface area (Å²) in [6, 6.07) is 12.8. The standard InChI is InChI=1S/C40H48N6O7/c1-6-28-23-40(28,37(49)50)42-35(47)30-22-29-24-45(30)36(48)34(39(2,3)4)41-38(51)53-20-14-9-7-8-11-17-26-21-27(18-19-31(26)52-5)33-32(43-46(29)44-33)25-15-12-10-13-16-25/h6,10-13,15-19,21,28-30,34H,1,7-9,14,20,22-24H2,2-5H3,(H,41,51)(H,42,47)(H,49,50)/b17-11+/t28-,29-,30+,34-,40-/m1/s1. The number of ether oxygens (including phenoxy) is 2. The Hall–Kier alpha value is -5.46. The number of alkyl carbamates (subject to hydrolysis) is 1. The van der Waals surface area contributed by atoms with Gasteiger partial charge in [0.05, 0.1) is 19.8 Å². The quantitative estimate of drug-likeness (QED) is 0.273. The number of carboxylic acids is 1. The molecule has 13 nitrogen and oxygen atoms in total. The van der Waals surface area contributed by atoms with Gasteiger partial charge in [0, 0.05) is 35.6 Å². The summed E-state index contributed by atoms with van der Waals surface area (Å²) in [5.41, 5.74) is 1.47. The average Bonchev–Trinajstić information content (AvgIpc) is 3.43. The minimum atomic E-state index is -1.50. The Labute approximate surface area is 309 Å². The van der Waals surface area contributed by atoms with Gasteiger partial charge >= 0.3 is 12.1 Å². The maximum atomic E-state index is 14.6. The number of hydrogen-bond donors (Lipinski definition) is 3. The predicted molar refractivity (Wildman–Crippen MR) is 199 cm³/mol. The second-order valence-electron chi connectivity index (χ2n) is 15.1. The van der Waals surface area contributed by atoms with Crippen LogP contribution >= 0.6 is 0 Å². The molecule has 13 heteroatoms. The van der Waals surface area contributed by atoms with Crippen molar-refractivity contribution in [1.82, 2.24) is 30.5 Å². The van der Waals surface area contributed by atoms with Crippen LogP contribution in [0.4, 0.5) is 4.79 Å². The number of fused-ring (bicyclic) bond motifs is 8. The average molecular weight is 725 g/mol. The van der Waals surface area contributed by atoms with Crippen molar-refractivity contribution < 1.29 is 33.8 Å². The number of cyclic esters (lactones) is 1. The van der Waals surface area contributed by atoms with E-state index in [9.17, 15) is 24.3 Å². The Morgan fingerprint density at radius 3 is 2.47 bits per heavy atom. The van der Waals surface area contributed by atoms with Crippen LogP contribution in [0.25, 0.3) is 28.6 Å². The van der Waals surface area contributed by atoms with Crippen molar-refractivity contribution in [3.63, 3.8) is 0 Å². The van der Waals surface area contributed by atoms with Crippen LogP contribution in [0.15, 0.2) is 67.3 Å². The number of nitrogens with zero attached hydrogens (tertiary/aromatic N) is 4. The highest BCUT2D eigenvalue weighted by molar-refractivity contribution is 5.96. The lowest BCUT2D eigenvalue weighted by Gasteiger charge is -2.35. The summed E-state index contributed by atoms with van der Waals surface area (Å²) in [6.45, 7) is 9.42. The third-order valence-electron chi connectivity index (χ3n) is 10.3. The normalized spacial score (nSPS) is 25.6. The van der Waals surface area contributed by atoms with E-state index in [1.807, 2.05) is 75.4 Å². The van der Waals surface area contributed by atoms with Crippen molar-refractivity contribution in [2.75, 3.05) is 20.3 Å². The van der Waals surface area contributed by atoms with Crippen molar-refractivity contribution in [2.24, 2.45) is 11.3 Å². The molecule has 6 rings (SSSR count). The molecule has 1 aliphatic carbocycles. The number of benzene rings is 2. The number of methoxy groups -OCH3 is 1. The van der Waals surface area contributed by atoms with Crippen molar-refractivity contribution in [3.05, 3.63) is 72.8 Å². The van der Waals surface area contributed by atoms with Gasteiger partial charge in [-0.3, -0.25) is 9.59 Å². The molecule has 0 unspecified atom stereocenters. The van der Waals surface area contributed by atoms with E-state index < -0.39 is 58.9 Å². The molecule has 1 saturated carbocycles. The summed E-state index contributed by atoms with van der Waals surface area (Å²) >= 11 is 0. The molecule has 3 heterocycles. The molecule has 2 aromatic carbocycles. The van der Waals surface area contributed by atoms with Gasteiger partial charge in [0.1, 0.15) is 34.8 Å². The first-order chi connectivity index (χ1) is 25.4. The van der Waals surface area contributed by atoms with E-state index in [0.717, 1.165) is 36.0 Å². The van der Waals surface area contributed by atoms with Crippen molar-refractivity contribution in [2.45, 2.75) is 83.0 Å². The number of carboxylic acid groups (broad SMARTS) is 1. The molecule has 280 valence electrons. The summed E-state index contributed by atoms with van der Waals surface area (Å²) in [7, 11) is 1.63. The topological polar surface area (TPSA) is 165 Å². The van der Waals surface area contributed by atoms with E-state index in [1.165, 1.54) is 11.0 Å². The molecule has 2 fully saturated rings. The number of amides is 3. The number of rotatable bonds is 6. The minimum Gasteiger partial charge on any atom is -0.496 e. The summed E-state index contributed by atoms with van der Waals surface area (Å²) in [4.78, 5) is 57.1. The first kappa shape index (κ1) is 37.3. The lowest BCUT2D eigenvalue weighted by atomic mass is 9.85. The van der Waals surface area contributed by atoms with E-state index in [1.54, 1.807) is 11.9 Å². The highest BCUT2D eigenvalue weighted by Gasteiger charge is 2.61. The van der Waals surface area contributed by atoms with Gasteiger partial charge < -0.3 is 30.1 Å². The fourth-order valence-electron chi connectivity index (χ4n) is 7.16. The second-order valence-corrected chi connectivity index (χ2v) is 15.1. The predicted octanol–water partition coefficient (Wildman–Crippen LogP) is 5.64. The number of hydrogen-bond acceptors (Lipinski definition) is 8. The van der Waals surface area contributed by atoms with Gasteiger partial charge in [-0.2, -0.15) is 15.0 Å². The van der Waals surface area contributed by atoms with Gasteiger partial charge in [0.15, 0.2) is 0 Å². The Morgan fingerprint density at radius 1 is 1.08 bits per heavy atom. The van der Waals surface area contributed by atoms with E-state index >= 15 is 0 Å². The number of aromatic nitrogens is 3. The third kappa shape index (κ3) is 7.84. The van der Waals surface area contributed by atoms with Gasteiger partial charge in [-0.05, 0) is 55.7 Å². The summed E-state index contributed by atoms with van der Waals surface area (Å²) in [5, 5.41) is 25.6. The van der Waals surface area contributed by atoms with Crippen LogP contribution in [0, 0.1) is 11.3 Å². The zero-order chi connectivity index (χ0) is 37.9. The number of aliphatic carboxylic acids is 1. The highest BCUT2D eigenvalue weighted by atomic mass is 16.5. The molecule has 3 amide bonds. The van der Waals surface area contributed by atoms with Gasteiger partial charge in [0.2, 0.25) is 11.8 Å². The Balaban J connectivity index is 1.45. The number of allylic oxidation sites excluding steroid dienone is 1. The zero-order valence-electron chi connectivity index (χ0n) is 30.7.